The molecule has 0 saturated carbocycles. The molecule has 0 aliphatic rings. The number of rotatable bonds is 18. The van der Waals surface area contributed by atoms with Crippen LogP contribution in [0.2, 0.25) is 0 Å². The van der Waals surface area contributed by atoms with E-state index in [4.69, 9.17) is 0 Å². The van der Waals surface area contributed by atoms with Crippen molar-refractivity contribution in [3.63, 3.8) is 0 Å². The van der Waals surface area contributed by atoms with E-state index in [2.05, 4.69) is 66.7 Å². The summed E-state index contributed by atoms with van der Waals surface area (Å²) < 4.78 is 0. The number of nitrogens with zero attached hydrogens (tertiary/aromatic N) is 1. The molecular weight excluding hydrogens is 428 g/mol. The maximum atomic E-state index is 12.1. The van der Waals surface area contributed by atoms with Crippen molar-refractivity contribution in [3.05, 3.63) is 48.0 Å². The van der Waals surface area contributed by atoms with Gasteiger partial charge in [-0.3, -0.25) is 4.79 Å². The Kier molecular flexibility index (Phi) is 16.8. The molecule has 0 unspecified atom stereocenters. The summed E-state index contributed by atoms with van der Waals surface area (Å²) >= 11 is 0. The number of fused-ring (bicyclic) bond motifs is 1. The van der Waals surface area contributed by atoms with Crippen molar-refractivity contribution in [1.29, 1.82) is 0 Å². The lowest BCUT2D eigenvalue weighted by Crippen LogP contribution is -2.28. The molecule has 0 fully saturated rings. The molecule has 0 aromatic heterocycles. The van der Waals surface area contributed by atoms with E-state index in [1.807, 2.05) is 0 Å². The van der Waals surface area contributed by atoms with Gasteiger partial charge in [-0.25, -0.2) is 0 Å². The van der Waals surface area contributed by atoms with E-state index in [9.17, 15) is 4.79 Å². The summed E-state index contributed by atoms with van der Waals surface area (Å²) in [6.45, 7) is 4.97. The fourth-order valence-electron chi connectivity index (χ4n) is 4.42. The molecule has 0 bridgehead atoms. The monoisotopic (exact) mass is 474 g/mol. The topological polar surface area (TPSA) is 32.3 Å². The van der Waals surface area contributed by atoms with Crippen molar-refractivity contribution < 1.29 is 4.79 Å². The van der Waals surface area contributed by atoms with Crippen LogP contribution in [0.15, 0.2) is 42.5 Å². The third-order valence-electron chi connectivity index (χ3n) is 6.37. The molecule has 4 heteroatoms. The minimum absolute atomic E-state index is 0. The third kappa shape index (κ3) is 13.0. The average Bonchev–Trinajstić information content (AvgIpc) is 2.80. The van der Waals surface area contributed by atoms with Crippen LogP contribution in [0.4, 0.5) is 0 Å². The maximum absolute atomic E-state index is 12.1. The first kappa shape index (κ1) is 29.5. The molecule has 0 heterocycles. The van der Waals surface area contributed by atoms with Crippen LogP contribution in [-0.2, 0) is 11.3 Å². The second-order valence-electron chi connectivity index (χ2n) is 9.37. The van der Waals surface area contributed by atoms with Gasteiger partial charge in [0.1, 0.15) is 0 Å². The second-order valence-corrected chi connectivity index (χ2v) is 9.37. The number of unbranched alkanes of at least 4 members (excludes halogenated alkanes) is 10. The highest BCUT2D eigenvalue weighted by Crippen LogP contribution is 2.19. The number of amides is 1. The summed E-state index contributed by atoms with van der Waals surface area (Å²) in [6.07, 6.45) is 16.2. The minimum Gasteiger partial charge on any atom is -0.356 e. The van der Waals surface area contributed by atoms with Crippen LogP contribution in [0, 0.1) is 0 Å². The van der Waals surface area contributed by atoms with E-state index >= 15 is 0 Å². The van der Waals surface area contributed by atoms with Crippen LogP contribution >= 0.6 is 12.4 Å². The smallest absolute Gasteiger partial charge is 0.219 e. The van der Waals surface area contributed by atoms with Gasteiger partial charge in [-0.05, 0) is 42.8 Å². The van der Waals surface area contributed by atoms with Gasteiger partial charge in [0, 0.05) is 19.5 Å². The lowest BCUT2D eigenvalue weighted by atomic mass is 10.0. The fraction of sp³-hybridized carbons (Fsp3) is 0.621. The summed E-state index contributed by atoms with van der Waals surface area (Å²) in [7, 11) is 2.16. The van der Waals surface area contributed by atoms with Gasteiger partial charge in [0.2, 0.25) is 5.91 Å². The Bertz CT molecular complexity index is 759. The highest BCUT2D eigenvalue weighted by molar-refractivity contribution is 5.86. The van der Waals surface area contributed by atoms with E-state index in [1.165, 1.54) is 80.5 Å². The molecule has 2 aromatic rings. The van der Waals surface area contributed by atoms with Crippen molar-refractivity contribution in [2.75, 3.05) is 20.1 Å². The molecular formula is C29H47ClN2O. The molecule has 0 aliphatic carbocycles. The predicted molar refractivity (Wildman–Crippen MR) is 146 cm³/mol. The molecule has 0 saturated heterocycles. The van der Waals surface area contributed by atoms with Crippen molar-refractivity contribution in [1.82, 2.24) is 10.2 Å². The zero-order valence-corrected chi connectivity index (χ0v) is 21.9. The normalized spacial score (nSPS) is 11.0. The lowest BCUT2D eigenvalue weighted by Gasteiger charge is -2.18. The molecule has 2 aromatic carbocycles. The molecule has 33 heavy (non-hydrogen) atoms. The largest absolute Gasteiger partial charge is 0.356 e. The van der Waals surface area contributed by atoms with E-state index in [0.717, 1.165) is 32.5 Å². The van der Waals surface area contributed by atoms with Gasteiger partial charge < -0.3 is 10.2 Å². The van der Waals surface area contributed by atoms with Crippen LogP contribution in [0.3, 0.4) is 0 Å². The number of nitrogens with one attached hydrogen (secondary N) is 1. The predicted octanol–water partition coefficient (Wildman–Crippen LogP) is 7.90. The Hall–Kier alpha value is -1.58. The summed E-state index contributed by atoms with van der Waals surface area (Å²) in [4.78, 5) is 14.4. The number of benzene rings is 2. The van der Waals surface area contributed by atoms with Crippen LogP contribution < -0.4 is 5.32 Å². The first-order chi connectivity index (χ1) is 15.7. The molecule has 1 N–H and O–H groups in total. The van der Waals surface area contributed by atoms with E-state index in [0.29, 0.717) is 6.42 Å². The van der Waals surface area contributed by atoms with Crippen molar-refractivity contribution in [3.8, 4) is 0 Å². The molecule has 0 radical (unpaired) electrons. The first-order valence-electron chi connectivity index (χ1n) is 13.1. The SMILES string of the molecule is CCCCCCCCCCCCCC(=O)NCCCN(C)Cc1cccc2ccccc12.Cl. The van der Waals surface area contributed by atoms with Crippen LogP contribution in [0.1, 0.15) is 96.0 Å². The third-order valence-corrected chi connectivity index (χ3v) is 6.37. The average molecular weight is 475 g/mol. The van der Waals surface area contributed by atoms with Crippen LogP contribution in [-0.4, -0.2) is 30.9 Å². The molecule has 0 atom stereocenters. The van der Waals surface area contributed by atoms with E-state index in [-0.39, 0.29) is 18.3 Å². The molecule has 1 amide bonds. The number of hydrogen-bond acceptors (Lipinski definition) is 2. The number of hydrogen-bond donors (Lipinski definition) is 1. The summed E-state index contributed by atoms with van der Waals surface area (Å²) in [5, 5.41) is 5.74. The summed E-state index contributed by atoms with van der Waals surface area (Å²) in [6, 6.07) is 15.1. The Morgan fingerprint density at radius 1 is 0.788 bits per heavy atom. The van der Waals surface area contributed by atoms with Gasteiger partial charge in [-0.1, -0.05) is 114 Å². The Morgan fingerprint density at radius 2 is 1.39 bits per heavy atom. The molecule has 3 nitrogen and oxygen atoms in total. The van der Waals surface area contributed by atoms with Gasteiger partial charge in [0.25, 0.3) is 0 Å². The van der Waals surface area contributed by atoms with Gasteiger partial charge in [-0.15, -0.1) is 12.4 Å². The molecule has 186 valence electrons. The lowest BCUT2D eigenvalue weighted by molar-refractivity contribution is -0.121. The highest BCUT2D eigenvalue weighted by atomic mass is 35.5. The van der Waals surface area contributed by atoms with E-state index in [1.54, 1.807) is 0 Å². The van der Waals surface area contributed by atoms with Gasteiger partial charge >= 0.3 is 0 Å². The van der Waals surface area contributed by atoms with Gasteiger partial charge in [-0.2, -0.15) is 0 Å². The maximum Gasteiger partial charge on any atom is 0.219 e. The van der Waals surface area contributed by atoms with Gasteiger partial charge in [0.05, 0.1) is 0 Å². The quantitative estimate of drug-likeness (QED) is 0.222. The zero-order valence-electron chi connectivity index (χ0n) is 21.1. The van der Waals surface area contributed by atoms with Crippen LogP contribution in [0.25, 0.3) is 10.8 Å². The standard InChI is InChI=1S/C29H46N2O.ClH/c1-3-4-5-6-7-8-9-10-11-12-13-22-29(32)30-23-17-24-31(2)25-27-20-16-19-26-18-14-15-21-28(26)27;/h14-16,18-21H,3-13,17,22-25H2,1-2H3,(H,30,32);1H. The molecule has 0 aliphatic heterocycles. The summed E-state index contributed by atoms with van der Waals surface area (Å²) in [5.41, 5.74) is 1.37. The van der Waals surface area contributed by atoms with E-state index < -0.39 is 0 Å². The fourth-order valence-corrected chi connectivity index (χ4v) is 4.42. The zero-order chi connectivity index (χ0) is 22.9. The van der Waals surface area contributed by atoms with Crippen molar-refractivity contribution >= 4 is 29.1 Å². The van der Waals surface area contributed by atoms with Crippen molar-refractivity contribution in [2.45, 2.75) is 96.9 Å². The second kappa shape index (κ2) is 18.8. The Labute approximate surface area is 209 Å². The minimum atomic E-state index is 0. The van der Waals surface area contributed by atoms with Crippen LogP contribution in [0.5, 0.6) is 0 Å². The first-order valence-corrected chi connectivity index (χ1v) is 13.1. The molecule has 2 rings (SSSR count). The number of halogens is 1. The molecule has 0 spiro atoms. The Balaban J connectivity index is 0.00000544. The Morgan fingerprint density at radius 3 is 2.09 bits per heavy atom. The highest BCUT2D eigenvalue weighted by Gasteiger charge is 2.05. The number of carbonyl (C=O) groups is 1. The van der Waals surface area contributed by atoms with Gasteiger partial charge in [0.15, 0.2) is 0 Å². The summed E-state index contributed by atoms with van der Waals surface area (Å²) in [5.74, 6) is 0.220. The number of carbonyl (C=O) groups excluding carboxylic acids is 1. The van der Waals surface area contributed by atoms with Crippen molar-refractivity contribution in [2.24, 2.45) is 0 Å².